The van der Waals surface area contributed by atoms with Crippen LogP contribution in [-0.4, -0.2) is 0 Å². The number of hydrogen-bond acceptors (Lipinski definition) is 0. The normalized spacial score (nSPS) is 9.60. The lowest BCUT2D eigenvalue weighted by atomic mass is 9.99. The van der Waals surface area contributed by atoms with Crippen LogP contribution in [0.4, 0.5) is 0 Å². The number of benzene rings is 2. The van der Waals surface area contributed by atoms with E-state index in [9.17, 15) is 0 Å². The van der Waals surface area contributed by atoms with Crippen molar-refractivity contribution in [2.24, 2.45) is 0 Å². The molecule has 0 atom stereocenters. The van der Waals surface area contributed by atoms with Crippen molar-refractivity contribution in [3.63, 3.8) is 0 Å². The van der Waals surface area contributed by atoms with Gasteiger partial charge in [0.25, 0.3) is 0 Å². The summed E-state index contributed by atoms with van der Waals surface area (Å²) in [6.45, 7) is 20.8. The van der Waals surface area contributed by atoms with Gasteiger partial charge in [0, 0.05) is 0 Å². The summed E-state index contributed by atoms with van der Waals surface area (Å²) in [5.74, 6) is 0. The highest BCUT2D eigenvalue weighted by Crippen LogP contribution is 2.18. The van der Waals surface area contributed by atoms with E-state index in [0.29, 0.717) is 0 Å². The Morgan fingerprint density at radius 2 is 1.24 bits per heavy atom. The second-order valence-corrected chi connectivity index (χ2v) is 5.62. The fourth-order valence-electron chi connectivity index (χ4n) is 2.10. The molecule has 0 N–H and O–H groups in total. The van der Waals surface area contributed by atoms with Crippen LogP contribution in [-0.2, 0) is 6.42 Å². The molecular weight excluding hydrogens is 300 g/mol. The maximum atomic E-state index is 2.30. The lowest BCUT2D eigenvalue weighted by Crippen LogP contribution is -1.88. The van der Waals surface area contributed by atoms with Crippen LogP contribution < -0.4 is 0 Å². The van der Waals surface area contributed by atoms with Crippen LogP contribution >= 0.6 is 0 Å². The molecule has 140 valence electrons. The van der Waals surface area contributed by atoms with E-state index in [1.807, 2.05) is 27.7 Å². The molecule has 2 aromatic carbocycles. The average Bonchev–Trinajstić information content (AvgIpc) is 2.67. The summed E-state index contributed by atoms with van der Waals surface area (Å²) in [5.41, 5.74) is 8.22. The maximum Gasteiger partial charge on any atom is -0.0228 e. The highest BCUT2D eigenvalue weighted by Gasteiger charge is 1.99. The summed E-state index contributed by atoms with van der Waals surface area (Å²) in [4.78, 5) is 0. The van der Waals surface area contributed by atoms with E-state index in [2.05, 4.69) is 90.1 Å². The van der Waals surface area contributed by atoms with E-state index in [0.717, 1.165) is 6.42 Å². The van der Waals surface area contributed by atoms with Crippen molar-refractivity contribution in [1.82, 2.24) is 0 Å². The van der Waals surface area contributed by atoms with E-state index < -0.39 is 0 Å². The van der Waals surface area contributed by atoms with Crippen molar-refractivity contribution < 1.29 is 0 Å². The zero-order valence-corrected chi connectivity index (χ0v) is 18.3. The highest BCUT2D eigenvalue weighted by molar-refractivity contribution is 5.64. The first kappa shape index (κ1) is 25.4. The second kappa shape index (κ2) is 15.7. The van der Waals surface area contributed by atoms with Crippen molar-refractivity contribution in [3.8, 4) is 0 Å². The topological polar surface area (TPSA) is 0 Å². The Hall–Kier alpha value is -1.82. The molecule has 0 fully saturated rings. The van der Waals surface area contributed by atoms with Gasteiger partial charge in [0.05, 0.1) is 0 Å². The molecular formula is C25H40. The zero-order valence-electron chi connectivity index (χ0n) is 18.3. The lowest BCUT2D eigenvalue weighted by molar-refractivity contribution is 1.11. The smallest absolute Gasteiger partial charge is 0.0228 e. The third-order valence-corrected chi connectivity index (χ3v) is 3.84. The van der Waals surface area contributed by atoms with Gasteiger partial charge < -0.3 is 0 Å². The largest absolute Gasteiger partial charge is 0.0841 e. The molecule has 0 heterocycles. The van der Waals surface area contributed by atoms with Gasteiger partial charge >= 0.3 is 0 Å². The monoisotopic (exact) mass is 340 g/mol. The van der Waals surface area contributed by atoms with Crippen LogP contribution in [0.3, 0.4) is 0 Å². The molecule has 2 rings (SSSR count). The minimum Gasteiger partial charge on any atom is -0.0841 e. The third-order valence-electron chi connectivity index (χ3n) is 3.84. The minimum atomic E-state index is 1.12. The molecule has 0 nitrogen and oxygen atoms in total. The molecule has 0 heteroatoms. The number of allylic oxidation sites excluding steroid dienone is 2. The van der Waals surface area contributed by atoms with Crippen LogP contribution in [0.2, 0.25) is 0 Å². The van der Waals surface area contributed by atoms with Crippen molar-refractivity contribution in [1.29, 1.82) is 0 Å². The highest BCUT2D eigenvalue weighted by atomic mass is 14.0. The Morgan fingerprint density at radius 3 is 1.60 bits per heavy atom. The summed E-state index contributed by atoms with van der Waals surface area (Å²) < 4.78 is 0. The minimum absolute atomic E-state index is 1.12. The molecule has 0 unspecified atom stereocenters. The van der Waals surface area contributed by atoms with Crippen LogP contribution in [0, 0.1) is 20.8 Å². The Labute approximate surface area is 158 Å². The summed E-state index contributed by atoms with van der Waals surface area (Å²) in [6, 6.07) is 15.2. The van der Waals surface area contributed by atoms with E-state index in [-0.39, 0.29) is 0 Å². The lowest BCUT2D eigenvalue weighted by Gasteiger charge is -2.06. The molecule has 0 aliphatic rings. The molecule has 0 amide bonds. The van der Waals surface area contributed by atoms with Gasteiger partial charge in [-0.1, -0.05) is 94.3 Å². The fourth-order valence-corrected chi connectivity index (χ4v) is 2.10. The summed E-state index contributed by atoms with van der Waals surface area (Å²) >= 11 is 0. The van der Waals surface area contributed by atoms with E-state index in [1.54, 1.807) is 0 Å². The van der Waals surface area contributed by atoms with E-state index >= 15 is 0 Å². The van der Waals surface area contributed by atoms with Gasteiger partial charge in [-0.15, -0.1) is 0 Å². The van der Waals surface area contributed by atoms with E-state index in [1.165, 1.54) is 33.4 Å². The van der Waals surface area contributed by atoms with Crippen LogP contribution in [0.1, 0.15) is 76.3 Å². The molecule has 0 saturated heterocycles. The molecule has 0 aliphatic carbocycles. The molecule has 2 aromatic rings. The maximum absolute atomic E-state index is 2.30. The average molecular weight is 341 g/mol. The predicted molar refractivity (Wildman–Crippen MR) is 118 cm³/mol. The SMILES string of the molecule is C/C=C(\C)c1ccc(C)c(CC)c1.CC.CC.Cc1ccc(C)cc1. The van der Waals surface area contributed by atoms with Crippen molar-refractivity contribution in [2.45, 2.75) is 75.7 Å². The zero-order chi connectivity index (χ0) is 19.8. The standard InChI is InChI=1S/C13H18.C8H10.2C2H6/c1-5-10(3)13-8-7-11(4)12(6-2)9-13;1-7-3-5-8(2)6-4-7;2*1-2/h5,7-9H,6H2,1-4H3;3-6H,1-2H3;2*1-2H3/b10-5+;;;. The van der Waals surface area contributed by atoms with Crippen molar-refractivity contribution >= 4 is 5.57 Å². The number of hydrogen-bond donors (Lipinski definition) is 0. The third kappa shape index (κ3) is 10.6. The Bertz CT molecular complexity index is 565. The van der Waals surface area contributed by atoms with Gasteiger partial charge in [-0.05, 0) is 63.3 Å². The number of rotatable bonds is 2. The van der Waals surface area contributed by atoms with Crippen molar-refractivity contribution in [3.05, 3.63) is 76.4 Å². The first-order valence-corrected chi connectivity index (χ1v) is 9.74. The fraction of sp³-hybridized carbons (Fsp3) is 0.440. The molecule has 0 bridgehead atoms. The van der Waals surface area contributed by atoms with Crippen molar-refractivity contribution in [2.75, 3.05) is 0 Å². The quantitative estimate of drug-likeness (QED) is 0.515. The summed E-state index contributed by atoms with van der Waals surface area (Å²) in [7, 11) is 0. The van der Waals surface area contributed by atoms with E-state index in [4.69, 9.17) is 0 Å². The second-order valence-electron chi connectivity index (χ2n) is 5.62. The van der Waals surface area contributed by atoms with Crippen LogP contribution in [0.5, 0.6) is 0 Å². The summed E-state index contributed by atoms with van der Waals surface area (Å²) in [5, 5.41) is 0. The van der Waals surface area contributed by atoms with Gasteiger partial charge in [0.1, 0.15) is 0 Å². The van der Waals surface area contributed by atoms with Gasteiger partial charge in [-0.2, -0.15) is 0 Å². The van der Waals surface area contributed by atoms with Crippen LogP contribution in [0.15, 0.2) is 48.5 Å². The molecule has 0 aliphatic heterocycles. The molecule has 25 heavy (non-hydrogen) atoms. The summed E-state index contributed by atoms with van der Waals surface area (Å²) in [6.07, 6.45) is 3.28. The molecule has 0 saturated carbocycles. The molecule has 0 spiro atoms. The molecule has 0 radical (unpaired) electrons. The van der Waals surface area contributed by atoms with Gasteiger partial charge in [0.2, 0.25) is 0 Å². The van der Waals surface area contributed by atoms with Gasteiger partial charge in [0.15, 0.2) is 0 Å². The Balaban J connectivity index is 0. The Morgan fingerprint density at radius 1 is 0.800 bits per heavy atom. The first-order chi connectivity index (χ1) is 12.0. The molecule has 0 aromatic heterocycles. The first-order valence-electron chi connectivity index (χ1n) is 9.74. The van der Waals surface area contributed by atoms with Crippen LogP contribution in [0.25, 0.3) is 5.57 Å². The van der Waals surface area contributed by atoms with Gasteiger partial charge in [-0.3, -0.25) is 0 Å². The van der Waals surface area contributed by atoms with Gasteiger partial charge in [-0.25, -0.2) is 0 Å². The number of aryl methyl sites for hydroxylation is 4. The Kier molecular flexibility index (Phi) is 16.0. The predicted octanol–water partition coefficient (Wildman–Crippen LogP) is 8.34.